The number of rotatable bonds is 3. The third-order valence-electron chi connectivity index (χ3n) is 4.18. The van der Waals surface area contributed by atoms with E-state index < -0.39 is 5.95 Å². The minimum Gasteiger partial charge on any atom is -0.354 e. The molecule has 3 heterocycles. The van der Waals surface area contributed by atoms with Crippen LogP contribution in [0.2, 0.25) is 0 Å². The van der Waals surface area contributed by atoms with E-state index in [4.69, 9.17) is 4.84 Å². The van der Waals surface area contributed by atoms with Crippen LogP contribution < -0.4 is 10.4 Å². The summed E-state index contributed by atoms with van der Waals surface area (Å²) in [5, 5.41) is 0. The SMILES string of the molecule is CONc1cccnc1N1CCC(=CC#Cc2ccc(C)nc2F)CC1. The number of nitrogens with zero attached hydrogens (tertiary/aromatic N) is 3. The normalized spacial score (nSPS) is 13.8. The Hall–Kier alpha value is -2.91. The molecule has 0 atom stereocenters. The van der Waals surface area contributed by atoms with E-state index in [-0.39, 0.29) is 0 Å². The molecule has 6 heteroatoms. The Morgan fingerprint density at radius 1 is 1.27 bits per heavy atom. The van der Waals surface area contributed by atoms with Gasteiger partial charge in [0.05, 0.1) is 12.7 Å². The number of allylic oxidation sites excluding steroid dienone is 1. The van der Waals surface area contributed by atoms with E-state index in [2.05, 4.69) is 32.2 Å². The summed E-state index contributed by atoms with van der Waals surface area (Å²) in [6, 6.07) is 7.23. The summed E-state index contributed by atoms with van der Waals surface area (Å²) >= 11 is 0. The molecule has 1 aliphatic rings. The first-order valence-electron chi connectivity index (χ1n) is 8.49. The van der Waals surface area contributed by atoms with Crippen LogP contribution in [0.15, 0.2) is 42.1 Å². The molecule has 0 aromatic carbocycles. The quantitative estimate of drug-likeness (QED) is 0.521. The lowest BCUT2D eigenvalue weighted by molar-refractivity contribution is 0.271. The van der Waals surface area contributed by atoms with Crippen LogP contribution in [0.4, 0.5) is 15.9 Å². The molecule has 134 valence electrons. The molecule has 1 aliphatic heterocycles. The Balaban J connectivity index is 1.64. The zero-order valence-electron chi connectivity index (χ0n) is 14.9. The van der Waals surface area contributed by atoms with Crippen molar-refractivity contribution in [3.8, 4) is 11.8 Å². The van der Waals surface area contributed by atoms with Crippen molar-refractivity contribution in [1.29, 1.82) is 0 Å². The van der Waals surface area contributed by atoms with Crippen molar-refractivity contribution in [1.82, 2.24) is 9.97 Å². The Labute approximate surface area is 152 Å². The van der Waals surface area contributed by atoms with Crippen LogP contribution in [-0.4, -0.2) is 30.2 Å². The van der Waals surface area contributed by atoms with Gasteiger partial charge in [0.15, 0.2) is 5.82 Å². The molecule has 0 saturated carbocycles. The van der Waals surface area contributed by atoms with E-state index in [1.54, 1.807) is 32.4 Å². The van der Waals surface area contributed by atoms with Gasteiger partial charge in [-0.2, -0.15) is 4.39 Å². The van der Waals surface area contributed by atoms with Crippen LogP contribution in [-0.2, 0) is 4.84 Å². The first-order chi connectivity index (χ1) is 12.7. The number of piperidine rings is 1. The molecule has 2 aromatic rings. The highest BCUT2D eigenvalue weighted by Gasteiger charge is 2.17. The van der Waals surface area contributed by atoms with Crippen molar-refractivity contribution in [3.05, 3.63) is 59.3 Å². The molecule has 26 heavy (non-hydrogen) atoms. The fourth-order valence-electron chi connectivity index (χ4n) is 2.82. The maximum Gasteiger partial charge on any atom is 0.228 e. The Bertz CT molecular complexity index is 860. The average molecular weight is 352 g/mol. The van der Waals surface area contributed by atoms with Crippen molar-refractivity contribution in [3.63, 3.8) is 0 Å². The summed E-state index contributed by atoms with van der Waals surface area (Å²) in [6.07, 6.45) is 5.46. The molecule has 0 bridgehead atoms. The third-order valence-corrected chi connectivity index (χ3v) is 4.18. The minimum atomic E-state index is -0.515. The lowest BCUT2D eigenvalue weighted by atomic mass is 10.0. The number of anilines is 2. The van der Waals surface area contributed by atoms with Crippen LogP contribution in [0, 0.1) is 24.7 Å². The minimum absolute atomic E-state index is 0.327. The molecule has 0 spiro atoms. The lowest BCUT2D eigenvalue weighted by Crippen LogP contribution is -2.31. The summed E-state index contributed by atoms with van der Waals surface area (Å²) in [5.41, 5.74) is 5.95. The first-order valence-corrected chi connectivity index (χ1v) is 8.49. The van der Waals surface area contributed by atoms with Gasteiger partial charge in [-0.3, -0.25) is 10.3 Å². The van der Waals surface area contributed by atoms with Crippen molar-refractivity contribution in [2.24, 2.45) is 0 Å². The number of hydrogen-bond acceptors (Lipinski definition) is 5. The maximum absolute atomic E-state index is 13.7. The summed E-state index contributed by atoms with van der Waals surface area (Å²) in [6.45, 7) is 3.46. The zero-order valence-corrected chi connectivity index (χ0v) is 14.9. The van der Waals surface area contributed by atoms with Crippen LogP contribution in [0.5, 0.6) is 0 Å². The van der Waals surface area contributed by atoms with Crippen molar-refractivity contribution < 1.29 is 9.23 Å². The van der Waals surface area contributed by atoms with Crippen LogP contribution in [0.1, 0.15) is 24.1 Å². The van der Waals surface area contributed by atoms with E-state index in [1.165, 1.54) is 5.57 Å². The fourth-order valence-corrected chi connectivity index (χ4v) is 2.82. The van der Waals surface area contributed by atoms with Gasteiger partial charge in [0.1, 0.15) is 5.69 Å². The molecule has 5 nitrogen and oxygen atoms in total. The molecule has 0 aliphatic carbocycles. The van der Waals surface area contributed by atoms with Gasteiger partial charge in [0, 0.05) is 25.0 Å². The van der Waals surface area contributed by atoms with Crippen molar-refractivity contribution >= 4 is 11.5 Å². The highest BCUT2D eigenvalue weighted by Crippen LogP contribution is 2.27. The number of aromatic nitrogens is 2. The van der Waals surface area contributed by atoms with Gasteiger partial charge < -0.3 is 4.90 Å². The topological polar surface area (TPSA) is 50.3 Å². The third kappa shape index (κ3) is 4.38. The molecular weight excluding hydrogens is 331 g/mol. The average Bonchev–Trinajstić information content (AvgIpc) is 2.65. The largest absolute Gasteiger partial charge is 0.354 e. The standard InChI is InChI=1S/C20H21FN4O/c1-15-8-9-17(19(21)23-15)6-3-5-16-10-13-25(14-11-16)20-18(24-26-2)7-4-12-22-20/h4-5,7-9,12,24H,10-11,13-14H2,1-2H3. The lowest BCUT2D eigenvalue weighted by Gasteiger charge is -2.30. The van der Waals surface area contributed by atoms with E-state index in [9.17, 15) is 4.39 Å². The van der Waals surface area contributed by atoms with E-state index in [0.29, 0.717) is 11.3 Å². The smallest absolute Gasteiger partial charge is 0.228 e. The van der Waals surface area contributed by atoms with Crippen LogP contribution in [0.3, 0.4) is 0 Å². The second-order valence-electron chi connectivity index (χ2n) is 6.03. The van der Waals surface area contributed by atoms with Crippen LogP contribution in [0.25, 0.3) is 0 Å². The van der Waals surface area contributed by atoms with Gasteiger partial charge in [-0.25, -0.2) is 9.97 Å². The Morgan fingerprint density at radius 2 is 2.08 bits per heavy atom. The Morgan fingerprint density at radius 3 is 2.81 bits per heavy atom. The van der Waals surface area contributed by atoms with Gasteiger partial charge in [0.25, 0.3) is 0 Å². The number of aryl methyl sites for hydroxylation is 1. The number of hydrogen-bond donors (Lipinski definition) is 1. The molecule has 2 aromatic heterocycles. The van der Waals surface area contributed by atoms with Crippen LogP contribution >= 0.6 is 0 Å². The van der Waals surface area contributed by atoms with Gasteiger partial charge in [-0.05, 0) is 50.1 Å². The van der Waals surface area contributed by atoms with E-state index in [1.807, 2.05) is 18.2 Å². The number of nitrogens with one attached hydrogen (secondary N) is 1. The van der Waals surface area contributed by atoms with Gasteiger partial charge in [-0.1, -0.05) is 17.4 Å². The van der Waals surface area contributed by atoms with Crippen molar-refractivity contribution in [2.45, 2.75) is 19.8 Å². The fraction of sp³-hybridized carbons (Fsp3) is 0.300. The number of pyridine rings is 2. The summed E-state index contributed by atoms with van der Waals surface area (Å²) in [7, 11) is 1.58. The predicted octanol–water partition coefficient (Wildman–Crippen LogP) is 3.48. The van der Waals surface area contributed by atoms with Gasteiger partial charge in [0.2, 0.25) is 5.95 Å². The zero-order chi connectivity index (χ0) is 18.4. The molecule has 1 N–H and O–H groups in total. The second kappa shape index (κ2) is 8.45. The summed E-state index contributed by atoms with van der Waals surface area (Å²) in [4.78, 5) is 15.5. The highest BCUT2D eigenvalue weighted by molar-refractivity contribution is 5.64. The molecule has 0 unspecified atom stereocenters. The van der Waals surface area contributed by atoms with E-state index >= 15 is 0 Å². The summed E-state index contributed by atoms with van der Waals surface area (Å²) in [5.74, 6) is 6.17. The molecule has 0 radical (unpaired) electrons. The monoisotopic (exact) mass is 352 g/mol. The summed E-state index contributed by atoms with van der Waals surface area (Å²) < 4.78 is 13.7. The first kappa shape index (κ1) is 17.9. The molecule has 1 saturated heterocycles. The van der Waals surface area contributed by atoms with Gasteiger partial charge >= 0.3 is 0 Å². The molecule has 3 rings (SSSR count). The van der Waals surface area contributed by atoms with Crippen molar-refractivity contribution in [2.75, 3.05) is 30.6 Å². The predicted molar refractivity (Wildman–Crippen MR) is 100 cm³/mol. The molecule has 0 amide bonds. The maximum atomic E-state index is 13.7. The Kier molecular flexibility index (Phi) is 5.82. The molecular formula is C20H21FN4O. The number of halogens is 1. The van der Waals surface area contributed by atoms with Gasteiger partial charge in [-0.15, -0.1) is 0 Å². The second-order valence-corrected chi connectivity index (χ2v) is 6.03. The van der Waals surface area contributed by atoms with E-state index in [0.717, 1.165) is 37.4 Å². The molecule has 1 fully saturated rings. The highest BCUT2D eigenvalue weighted by atomic mass is 19.1.